The number of hydrogen-bond acceptors (Lipinski definition) is 4. The predicted molar refractivity (Wildman–Crippen MR) is 100 cm³/mol. The number of nitrogens with one attached hydrogen (secondary N) is 1. The maximum Gasteiger partial charge on any atom is 0.255 e. The van der Waals surface area contributed by atoms with Crippen molar-refractivity contribution in [2.75, 3.05) is 26.7 Å². The van der Waals surface area contributed by atoms with E-state index in [2.05, 4.69) is 27.7 Å². The summed E-state index contributed by atoms with van der Waals surface area (Å²) in [6.45, 7) is 2.83. The van der Waals surface area contributed by atoms with Gasteiger partial charge in [0.05, 0.1) is 18.7 Å². The van der Waals surface area contributed by atoms with Crippen LogP contribution in [0, 0.1) is 0 Å². The first-order valence-electron chi connectivity index (χ1n) is 7.98. The van der Waals surface area contributed by atoms with Crippen LogP contribution in [0.3, 0.4) is 0 Å². The second-order valence-corrected chi connectivity index (χ2v) is 6.66. The Balaban J connectivity index is 0.00000208. The lowest BCUT2D eigenvalue weighted by atomic mass is 10.1. The van der Waals surface area contributed by atoms with Gasteiger partial charge < -0.3 is 10.1 Å². The van der Waals surface area contributed by atoms with Crippen molar-refractivity contribution in [1.29, 1.82) is 0 Å². The minimum atomic E-state index is -0.0804. The van der Waals surface area contributed by atoms with Crippen LogP contribution in [0.2, 0.25) is 0 Å². The number of amides is 1. The molecule has 3 rings (SSSR count). The molecule has 0 saturated carbocycles. The van der Waals surface area contributed by atoms with Gasteiger partial charge in [-0.1, -0.05) is 18.2 Å². The third-order valence-electron chi connectivity index (χ3n) is 4.26. The van der Waals surface area contributed by atoms with Crippen molar-refractivity contribution in [2.24, 2.45) is 0 Å². The zero-order chi connectivity index (χ0) is 16.1. The molecule has 2 heterocycles. The molecule has 1 atom stereocenters. The van der Waals surface area contributed by atoms with E-state index in [9.17, 15) is 4.79 Å². The van der Waals surface area contributed by atoms with Crippen LogP contribution in [0.5, 0.6) is 5.75 Å². The number of thiophene rings is 1. The van der Waals surface area contributed by atoms with E-state index in [4.69, 9.17) is 4.74 Å². The number of benzene rings is 1. The van der Waals surface area contributed by atoms with Gasteiger partial charge in [0.2, 0.25) is 0 Å². The highest BCUT2D eigenvalue weighted by Gasteiger charge is 2.25. The summed E-state index contributed by atoms with van der Waals surface area (Å²) in [5, 5.41) is 5.18. The lowest BCUT2D eigenvalue weighted by molar-refractivity contribution is 0.0935. The molecule has 0 bridgehead atoms. The molecule has 1 aromatic heterocycles. The fourth-order valence-electron chi connectivity index (χ4n) is 3.06. The largest absolute Gasteiger partial charge is 0.496 e. The van der Waals surface area contributed by atoms with E-state index < -0.39 is 0 Å². The molecule has 1 aliphatic rings. The third kappa shape index (κ3) is 4.29. The number of ether oxygens (including phenoxy) is 1. The number of methoxy groups -OCH3 is 1. The quantitative estimate of drug-likeness (QED) is 0.846. The number of halogens is 1. The highest BCUT2D eigenvalue weighted by Crippen LogP contribution is 2.28. The summed E-state index contributed by atoms with van der Waals surface area (Å²) in [5.74, 6) is 0.530. The number of nitrogens with zero attached hydrogens (tertiary/aromatic N) is 1. The first-order chi connectivity index (χ1) is 11.3. The number of para-hydroxylation sites is 1. The number of rotatable bonds is 6. The minimum absolute atomic E-state index is 0. The molecular formula is C18H23ClN2O2S. The molecule has 130 valence electrons. The Morgan fingerprint density at radius 2 is 2.00 bits per heavy atom. The average Bonchev–Trinajstić information content (AvgIpc) is 3.29. The van der Waals surface area contributed by atoms with Crippen LogP contribution in [-0.4, -0.2) is 37.6 Å². The van der Waals surface area contributed by atoms with Crippen molar-refractivity contribution in [3.05, 3.63) is 52.2 Å². The second-order valence-electron chi connectivity index (χ2n) is 5.68. The van der Waals surface area contributed by atoms with Gasteiger partial charge in [-0.3, -0.25) is 9.69 Å². The van der Waals surface area contributed by atoms with E-state index in [1.54, 1.807) is 24.5 Å². The number of hydrogen-bond donors (Lipinski definition) is 1. The molecule has 1 aromatic carbocycles. The molecule has 0 aliphatic carbocycles. The van der Waals surface area contributed by atoms with Crippen LogP contribution < -0.4 is 10.1 Å². The zero-order valence-corrected chi connectivity index (χ0v) is 15.4. The Bertz CT molecular complexity index is 642. The Labute approximate surface area is 153 Å². The monoisotopic (exact) mass is 366 g/mol. The Morgan fingerprint density at radius 3 is 2.67 bits per heavy atom. The predicted octanol–water partition coefficient (Wildman–Crippen LogP) is 3.75. The molecule has 1 amide bonds. The van der Waals surface area contributed by atoms with E-state index in [1.807, 2.05) is 18.2 Å². The summed E-state index contributed by atoms with van der Waals surface area (Å²) >= 11 is 1.76. The molecule has 4 nitrogen and oxygen atoms in total. The van der Waals surface area contributed by atoms with Gasteiger partial charge in [-0.25, -0.2) is 0 Å². The average molecular weight is 367 g/mol. The summed E-state index contributed by atoms with van der Waals surface area (Å²) in [5.41, 5.74) is 0.585. The van der Waals surface area contributed by atoms with E-state index in [-0.39, 0.29) is 24.4 Å². The minimum Gasteiger partial charge on any atom is -0.496 e. The molecule has 1 fully saturated rings. The van der Waals surface area contributed by atoms with Gasteiger partial charge in [0.25, 0.3) is 5.91 Å². The maximum absolute atomic E-state index is 12.5. The second kappa shape index (κ2) is 9.06. The molecule has 0 radical (unpaired) electrons. The van der Waals surface area contributed by atoms with Gasteiger partial charge in [0, 0.05) is 11.4 Å². The SMILES string of the molecule is COc1ccccc1C(=O)NCC(c1cccs1)N1CCCC1.Cl. The number of likely N-dealkylation sites (tertiary alicyclic amines) is 1. The van der Waals surface area contributed by atoms with Crippen LogP contribution in [-0.2, 0) is 0 Å². The van der Waals surface area contributed by atoms with E-state index >= 15 is 0 Å². The molecule has 1 unspecified atom stereocenters. The zero-order valence-electron chi connectivity index (χ0n) is 13.7. The van der Waals surface area contributed by atoms with E-state index in [0.717, 1.165) is 13.1 Å². The topological polar surface area (TPSA) is 41.6 Å². The van der Waals surface area contributed by atoms with Crippen molar-refractivity contribution in [3.63, 3.8) is 0 Å². The molecule has 24 heavy (non-hydrogen) atoms. The molecule has 6 heteroatoms. The van der Waals surface area contributed by atoms with Crippen molar-refractivity contribution < 1.29 is 9.53 Å². The summed E-state index contributed by atoms with van der Waals surface area (Å²) in [4.78, 5) is 16.3. The molecule has 1 aliphatic heterocycles. The maximum atomic E-state index is 12.5. The Morgan fingerprint density at radius 1 is 1.25 bits per heavy atom. The highest BCUT2D eigenvalue weighted by molar-refractivity contribution is 7.10. The normalized spacial score (nSPS) is 15.5. The first-order valence-corrected chi connectivity index (χ1v) is 8.86. The molecule has 1 N–H and O–H groups in total. The van der Waals surface area contributed by atoms with Crippen LogP contribution in [0.25, 0.3) is 0 Å². The van der Waals surface area contributed by atoms with Crippen LogP contribution >= 0.6 is 23.7 Å². The van der Waals surface area contributed by atoms with E-state index in [1.165, 1.54) is 17.7 Å². The fourth-order valence-corrected chi connectivity index (χ4v) is 3.92. The van der Waals surface area contributed by atoms with Crippen LogP contribution in [0.15, 0.2) is 41.8 Å². The van der Waals surface area contributed by atoms with Crippen molar-refractivity contribution in [3.8, 4) is 5.75 Å². The van der Waals surface area contributed by atoms with Gasteiger partial charge in [-0.05, 0) is 49.5 Å². The lowest BCUT2D eigenvalue weighted by Crippen LogP contribution is -2.36. The van der Waals surface area contributed by atoms with Crippen molar-refractivity contribution in [1.82, 2.24) is 10.2 Å². The smallest absolute Gasteiger partial charge is 0.255 e. The summed E-state index contributed by atoms with van der Waals surface area (Å²) in [7, 11) is 1.59. The Hall–Kier alpha value is -1.56. The van der Waals surface area contributed by atoms with Gasteiger partial charge in [0.1, 0.15) is 5.75 Å². The Kier molecular flexibility index (Phi) is 7.09. The van der Waals surface area contributed by atoms with Gasteiger partial charge >= 0.3 is 0 Å². The molecule has 1 saturated heterocycles. The summed E-state index contributed by atoms with van der Waals surface area (Å²) in [6.07, 6.45) is 2.48. The van der Waals surface area contributed by atoms with Gasteiger partial charge in [-0.15, -0.1) is 23.7 Å². The van der Waals surface area contributed by atoms with Crippen LogP contribution in [0.4, 0.5) is 0 Å². The number of carbonyl (C=O) groups excluding carboxylic acids is 1. The van der Waals surface area contributed by atoms with E-state index in [0.29, 0.717) is 17.9 Å². The lowest BCUT2D eigenvalue weighted by Gasteiger charge is -2.27. The number of carbonyl (C=O) groups is 1. The first kappa shape index (κ1) is 18.8. The fraction of sp³-hybridized carbons (Fsp3) is 0.389. The highest BCUT2D eigenvalue weighted by atomic mass is 35.5. The summed E-state index contributed by atoms with van der Waals surface area (Å²) < 4.78 is 5.28. The molecular weight excluding hydrogens is 344 g/mol. The van der Waals surface area contributed by atoms with Crippen molar-refractivity contribution >= 4 is 29.7 Å². The third-order valence-corrected chi connectivity index (χ3v) is 5.23. The van der Waals surface area contributed by atoms with Gasteiger partial charge in [-0.2, -0.15) is 0 Å². The standard InChI is InChI=1S/C18H22N2O2S.ClH/c1-22-16-8-3-2-7-14(16)18(21)19-13-15(17-9-6-12-23-17)20-10-4-5-11-20;/h2-3,6-9,12,15H,4-5,10-11,13H2,1H3,(H,19,21);1H. The van der Waals surface area contributed by atoms with Crippen LogP contribution in [0.1, 0.15) is 34.1 Å². The van der Waals surface area contributed by atoms with Crippen molar-refractivity contribution in [2.45, 2.75) is 18.9 Å². The molecule has 0 spiro atoms. The summed E-state index contributed by atoms with van der Waals surface area (Å²) in [6, 6.07) is 11.8. The van der Waals surface area contributed by atoms with Gasteiger partial charge in [0.15, 0.2) is 0 Å². The molecule has 2 aromatic rings.